The summed E-state index contributed by atoms with van der Waals surface area (Å²) < 4.78 is 6.21. The van der Waals surface area contributed by atoms with Crippen molar-refractivity contribution in [3.63, 3.8) is 0 Å². The maximum absolute atomic E-state index is 6.21. The fourth-order valence-electron chi connectivity index (χ4n) is 3.69. The third-order valence-corrected chi connectivity index (χ3v) is 4.98. The van der Waals surface area contributed by atoms with Gasteiger partial charge in [-0.05, 0) is 44.4 Å². The van der Waals surface area contributed by atoms with Crippen LogP contribution in [0.1, 0.15) is 25.0 Å². The smallest absolute Gasteiger partial charge is 0.222 e. The summed E-state index contributed by atoms with van der Waals surface area (Å²) in [4.78, 5) is 15.5. The van der Waals surface area contributed by atoms with Gasteiger partial charge in [0.1, 0.15) is 5.82 Å². The summed E-state index contributed by atoms with van der Waals surface area (Å²) in [5.41, 5.74) is 1.06. The Morgan fingerprint density at radius 2 is 1.96 bits per heavy atom. The van der Waals surface area contributed by atoms with E-state index in [1.54, 1.807) is 12.4 Å². The Labute approximate surface area is 142 Å². The van der Waals surface area contributed by atoms with Gasteiger partial charge in [-0.15, -0.1) is 0 Å². The van der Waals surface area contributed by atoms with Crippen molar-refractivity contribution in [3.05, 3.63) is 42.4 Å². The van der Waals surface area contributed by atoms with E-state index in [0.29, 0.717) is 5.95 Å². The molecule has 4 rings (SSSR count). The maximum Gasteiger partial charge on any atom is 0.222 e. The molecule has 1 spiro atoms. The second-order valence-electron chi connectivity index (χ2n) is 6.74. The van der Waals surface area contributed by atoms with Crippen molar-refractivity contribution in [3.8, 4) is 0 Å². The molecule has 2 aliphatic rings. The van der Waals surface area contributed by atoms with Gasteiger partial charge in [0.2, 0.25) is 5.95 Å². The van der Waals surface area contributed by atoms with Crippen LogP contribution >= 0.6 is 0 Å². The number of nitrogens with one attached hydrogen (secondary N) is 1. The van der Waals surface area contributed by atoms with Crippen molar-refractivity contribution in [2.75, 3.05) is 29.9 Å². The number of anilines is 2. The van der Waals surface area contributed by atoms with Crippen LogP contribution in [0.4, 0.5) is 11.8 Å². The molecular weight excluding hydrogens is 302 g/mol. The lowest BCUT2D eigenvalue weighted by Crippen LogP contribution is -2.44. The topological polar surface area (TPSA) is 63.2 Å². The molecule has 2 fully saturated rings. The number of pyridine rings is 1. The number of hydrogen-bond acceptors (Lipinski definition) is 6. The molecule has 2 aromatic heterocycles. The minimum Gasteiger partial charge on any atom is -0.373 e. The molecule has 0 amide bonds. The first-order valence-corrected chi connectivity index (χ1v) is 8.59. The zero-order chi connectivity index (χ0) is 16.4. The van der Waals surface area contributed by atoms with E-state index in [0.717, 1.165) is 50.5 Å². The Morgan fingerprint density at radius 1 is 1.17 bits per heavy atom. The standard InChI is InChI=1S/C18H23N5O/c1-14-4-2-5-16(21-14)23-10-6-18(7-11-23)12-15(13-24-18)22-17-19-8-3-9-20-17/h2-5,8-9,15H,6-7,10-13H2,1H3,(H,19,20,22)/t15-/m0/s1. The van der Waals surface area contributed by atoms with Gasteiger partial charge in [-0.1, -0.05) is 6.07 Å². The van der Waals surface area contributed by atoms with Crippen molar-refractivity contribution in [1.29, 1.82) is 0 Å². The molecule has 2 aliphatic heterocycles. The predicted octanol–water partition coefficient (Wildman–Crippen LogP) is 2.42. The normalized spacial score (nSPS) is 22.7. The SMILES string of the molecule is Cc1cccc(N2CCC3(CC2)C[C@H](Nc2ncccn2)CO3)n1. The first kappa shape index (κ1) is 15.3. The minimum absolute atomic E-state index is 0.00717. The molecule has 6 nitrogen and oxygen atoms in total. The molecule has 4 heterocycles. The summed E-state index contributed by atoms with van der Waals surface area (Å²) in [5, 5.41) is 3.39. The number of rotatable bonds is 3. The van der Waals surface area contributed by atoms with Crippen LogP contribution in [0.3, 0.4) is 0 Å². The molecule has 0 bridgehead atoms. The monoisotopic (exact) mass is 325 g/mol. The van der Waals surface area contributed by atoms with Gasteiger partial charge in [0.15, 0.2) is 0 Å². The first-order valence-electron chi connectivity index (χ1n) is 8.59. The molecule has 0 unspecified atom stereocenters. The first-order chi connectivity index (χ1) is 11.7. The fourth-order valence-corrected chi connectivity index (χ4v) is 3.69. The van der Waals surface area contributed by atoms with Crippen LogP contribution in [0.2, 0.25) is 0 Å². The highest BCUT2D eigenvalue weighted by Crippen LogP contribution is 2.37. The van der Waals surface area contributed by atoms with Gasteiger partial charge >= 0.3 is 0 Å². The van der Waals surface area contributed by atoms with Crippen LogP contribution in [0.25, 0.3) is 0 Å². The summed E-state index contributed by atoms with van der Waals surface area (Å²) in [6.45, 7) is 4.74. The van der Waals surface area contributed by atoms with Crippen LogP contribution in [0, 0.1) is 6.92 Å². The Hall–Kier alpha value is -2.21. The number of nitrogens with zero attached hydrogens (tertiary/aromatic N) is 4. The summed E-state index contributed by atoms with van der Waals surface area (Å²) in [7, 11) is 0. The van der Waals surface area contributed by atoms with Crippen molar-refractivity contribution >= 4 is 11.8 Å². The lowest BCUT2D eigenvalue weighted by Gasteiger charge is -2.39. The van der Waals surface area contributed by atoms with Gasteiger partial charge in [-0.25, -0.2) is 15.0 Å². The van der Waals surface area contributed by atoms with Crippen LogP contribution in [-0.4, -0.2) is 46.3 Å². The van der Waals surface area contributed by atoms with Crippen molar-refractivity contribution in [2.45, 2.75) is 37.8 Å². The summed E-state index contributed by atoms with van der Waals surface area (Å²) in [6, 6.07) is 8.33. The van der Waals surface area contributed by atoms with E-state index in [1.807, 2.05) is 19.1 Å². The summed E-state index contributed by atoms with van der Waals surface area (Å²) in [6.07, 6.45) is 6.61. The van der Waals surface area contributed by atoms with E-state index in [2.05, 4.69) is 37.3 Å². The predicted molar refractivity (Wildman–Crippen MR) is 93.2 cm³/mol. The van der Waals surface area contributed by atoms with Crippen LogP contribution in [-0.2, 0) is 4.74 Å². The number of aromatic nitrogens is 3. The highest BCUT2D eigenvalue weighted by molar-refractivity contribution is 5.40. The molecule has 6 heteroatoms. The molecule has 126 valence electrons. The van der Waals surface area contributed by atoms with Gasteiger partial charge in [-0.2, -0.15) is 0 Å². The average Bonchev–Trinajstić information content (AvgIpc) is 2.99. The van der Waals surface area contributed by atoms with E-state index < -0.39 is 0 Å². The maximum atomic E-state index is 6.21. The second-order valence-corrected chi connectivity index (χ2v) is 6.74. The zero-order valence-corrected chi connectivity index (χ0v) is 14.0. The minimum atomic E-state index is -0.00717. The Balaban J connectivity index is 1.35. The van der Waals surface area contributed by atoms with E-state index in [4.69, 9.17) is 4.74 Å². The quantitative estimate of drug-likeness (QED) is 0.935. The van der Waals surface area contributed by atoms with Crippen LogP contribution in [0.5, 0.6) is 0 Å². The van der Waals surface area contributed by atoms with Crippen molar-refractivity contribution in [2.24, 2.45) is 0 Å². The van der Waals surface area contributed by atoms with Crippen LogP contribution < -0.4 is 10.2 Å². The molecule has 2 aromatic rings. The highest BCUT2D eigenvalue weighted by atomic mass is 16.5. The van der Waals surface area contributed by atoms with E-state index in [1.165, 1.54) is 0 Å². The Kier molecular flexibility index (Phi) is 4.06. The molecule has 0 saturated carbocycles. The zero-order valence-electron chi connectivity index (χ0n) is 14.0. The van der Waals surface area contributed by atoms with E-state index in [9.17, 15) is 0 Å². The second kappa shape index (κ2) is 6.36. The molecule has 0 aliphatic carbocycles. The number of aryl methyl sites for hydroxylation is 1. The average molecular weight is 325 g/mol. The molecule has 1 N–H and O–H groups in total. The van der Waals surface area contributed by atoms with E-state index in [-0.39, 0.29) is 11.6 Å². The lowest BCUT2D eigenvalue weighted by molar-refractivity contribution is -0.0148. The van der Waals surface area contributed by atoms with E-state index >= 15 is 0 Å². The lowest BCUT2D eigenvalue weighted by atomic mass is 9.87. The van der Waals surface area contributed by atoms with Gasteiger partial charge in [0.25, 0.3) is 0 Å². The summed E-state index contributed by atoms with van der Waals surface area (Å²) in [5.74, 6) is 1.76. The molecule has 0 radical (unpaired) electrons. The molecule has 0 aromatic carbocycles. The number of hydrogen-bond donors (Lipinski definition) is 1. The van der Waals surface area contributed by atoms with Gasteiger partial charge in [0.05, 0.1) is 18.2 Å². The van der Waals surface area contributed by atoms with Gasteiger partial charge in [0, 0.05) is 31.2 Å². The van der Waals surface area contributed by atoms with Crippen molar-refractivity contribution in [1.82, 2.24) is 15.0 Å². The Morgan fingerprint density at radius 3 is 2.71 bits per heavy atom. The fraction of sp³-hybridized carbons (Fsp3) is 0.500. The summed E-state index contributed by atoms with van der Waals surface area (Å²) >= 11 is 0. The van der Waals surface area contributed by atoms with Gasteiger partial charge < -0.3 is 15.0 Å². The number of piperidine rings is 1. The van der Waals surface area contributed by atoms with Gasteiger partial charge in [-0.3, -0.25) is 0 Å². The van der Waals surface area contributed by atoms with Crippen molar-refractivity contribution < 1.29 is 4.74 Å². The molecular formula is C18H23N5O. The largest absolute Gasteiger partial charge is 0.373 e. The molecule has 1 atom stereocenters. The Bertz CT molecular complexity index is 685. The highest BCUT2D eigenvalue weighted by Gasteiger charge is 2.43. The third kappa shape index (κ3) is 3.19. The molecule has 2 saturated heterocycles. The third-order valence-electron chi connectivity index (χ3n) is 4.98. The van der Waals surface area contributed by atoms with Crippen LogP contribution in [0.15, 0.2) is 36.7 Å². The number of ether oxygens (including phenoxy) is 1. The molecule has 24 heavy (non-hydrogen) atoms.